The van der Waals surface area contributed by atoms with Gasteiger partial charge in [-0.2, -0.15) is 0 Å². The van der Waals surface area contributed by atoms with Crippen LogP contribution in [0.25, 0.3) is 10.8 Å². The molecule has 0 radical (unpaired) electrons. The van der Waals surface area contributed by atoms with E-state index < -0.39 is 11.9 Å². The van der Waals surface area contributed by atoms with Crippen molar-refractivity contribution in [2.24, 2.45) is 5.92 Å². The van der Waals surface area contributed by atoms with E-state index in [1.165, 1.54) is 0 Å². The zero-order valence-corrected chi connectivity index (χ0v) is 9.05. The van der Waals surface area contributed by atoms with Gasteiger partial charge in [0.25, 0.3) is 0 Å². The number of rotatable bonds is 3. The van der Waals surface area contributed by atoms with Crippen molar-refractivity contribution in [1.29, 1.82) is 0 Å². The summed E-state index contributed by atoms with van der Waals surface area (Å²) in [6.07, 6.45) is 2.20. The van der Waals surface area contributed by atoms with Gasteiger partial charge in [-0.05, 0) is 11.5 Å². The highest BCUT2D eigenvalue weighted by Crippen LogP contribution is 2.18. The largest absolute Gasteiger partial charge is 0.481 e. The highest BCUT2D eigenvalue weighted by Gasteiger charge is 2.13. The van der Waals surface area contributed by atoms with Crippen LogP contribution < -0.4 is 0 Å². The summed E-state index contributed by atoms with van der Waals surface area (Å²) < 4.78 is 0. The molecule has 3 heteroatoms. The lowest BCUT2D eigenvalue weighted by Gasteiger charge is -2.08. The molecule has 16 heavy (non-hydrogen) atoms. The summed E-state index contributed by atoms with van der Waals surface area (Å²) >= 11 is 0. The molecule has 1 atom stereocenters. The molecule has 0 bridgehead atoms. The minimum absolute atomic E-state index is 0.404. The molecular weight excluding hydrogens is 202 g/mol. The Bertz CT molecular complexity index is 517. The van der Waals surface area contributed by atoms with Crippen LogP contribution in [0, 0.1) is 5.92 Å². The first-order valence-corrected chi connectivity index (χ1v) is 5.24. The molecule has 0 saturated carbocycles. The van der Waals surface area contributed by atoms with Crippen molar-refractivity contribution < 1.29 is 9.90 Å². The van der Waals surface area contributed by atoms with Gasteiger partial charge in [-0.3, -0.25) is 9.78 Å². The van der Waals surface area contributed by atoms with Gasteiger partial charge in [0.05, 0.1) is 5.92 Å². The van der Waals surface area contributed by atoms with Crippen molar-refractivity contribution in [3.05, 3.63) is 42.2 Å². The molecule has 1 heterocycles. The van der Waals surface area contributed by atoms with E-state index in [0.717, 1.165) is 16.5 Å². The number of carboxylic acid groups (broad SMARTS) is 1. The van der Waals surface area contributed by atoms with E-state index in [-0.39, 0.29) is 0 Å². The first-order valence-electron chi connectivity index (χ1n) is 5.24. The fourth-order valence-corrected chi connectivity index (χ4v) is 1.72. The van der Waals surface area contributed by atoms with Crippen molar-refractivity contribution in [2.45, 2.75) is 13.3 Å². The van der Waals surface area contributed by atoms with Crippen LogP contribution in [0.15, 0.2) is 36.5 Å². The Balaban J connectivity index is 2.41. The predicted molar refractivity (Wildman–Crippen MR) is 62.2 cm³/mol. The highest BCUT2D eigenvalue weighted by atomic mass is 16.4. The Labute approximate surface area is 93.7 Å². The van der Waals surface area contributed by atoms with E-state index in [9.17, 15) is 4.79 Å². The molecule has 1 aromatic heterocycles. The van der Waals surface area contributed by atoms with Crippen LogP contribution in [0.5, 0.6) is 0 Å². The van der Waals surface area contributed by atoms with Gasteiger partial charge in [0.2, 0.25) is 0 Å². The minimum Gasteiger partial charge on any atom is -0.481 e. The average Bonchev–Trinajstić information content (AvgIpc) is 2.29. The van der Waals surface area contributed by atoms with Crippen LogP contribution >= 0.6 is 0 Å². The van der Waals surface area contributed by atoms with E-state index in [1.807, 2.05) is 30.3 Å². The molecule has 0 aliphatic rings. The van der Waals surface area contributed by atoms with Gasteiger partial charge in [0.15, 0.2) is 0 Å². The standard InChI is InChI=1S/C13H13NO2/c1-9(13(15)16)8-12-11-5-3-2-4-10(11)6-7-14-12/h2-7,9H,8H2,1H3,(H,15,16). The number of nitrogens with zero attached hydrogens (tertiary/aromatic N) is 1. The maximum Gasteiger partial charge on any atom is 0.306 e. The van der Waals surface area contributed by atoms with Crippen molar-refractivity contribution >= 4 is 16.7 Å². The Hall–Kier alpha value is -1.90. The molecular formula is C13H13NO2. The Kier molecular flexibility index (Phi) is 2.86. The molecule has 82 valence electrons. The maximum atomic E-state index is 10.8. The summed E-state index contributed by atoms with van der Waals surface area (Å²) in [5.74, 6) is -1.19. The van der Waals surface area contributed by atoms with E-state index in [2.05, 4.69) is 4.98 Å². The molecule has 0 aliphatic heterocycles. The quantitative estimate of drug-likeness (QED) is 0.855. The second-order valence-electron chi connectivity index (χ2n) is 3.92. The Morgan fingerprint density at radius 3 is 2.88 bits per heavy atom. The number of carboxylic acids is 1. The second-order valence-corrected chi connectivity index (χ2v) is 3.92. The first-order chi connectivity index (χ1) is 7.68. The number of carbonyl (C=O) groups is 1. The Morgan fingerprint density at radius 2 is 2.12 bits per heavy atom. The molecule has 0 aliphatic carbocycles. The molecule has 1 unspecified atom stereocenters. The van der Waals surface area contributed by atoms with E-state index in [0.29, 0.717) is 6.42 Å². The highest BCUT2D eigenvalue weighted by molar-refractivity contribution is 5.84. The molecule has 2 rings (SSSR count). The topological polar surface area (TPSA) is 50.2 Å². The fraction of sp³-hybridized carbons (Fsp3) is 0.231. The monoisotopic (exact) mass is 215 g/mol. The van der Waals surface area contributed by atoms with Crippen molar-refractivity contribution in [3.63, 3.8) is 0 Å². The molecule has 1 aromatic carbocycles. The lowest BCUT2D eigenvalue weighted by Crippen LogP contribution is -2.13. The molecule has 2 aromatic rings. The number of aromatic nitrogens is 1. The van der Waals surface area contributed by atoms with Crippen molar-refractivity contribution in [2.75, 3.05) is 0 Å². The van der Waals surface area contributed by atoms with Gasteiger partial charge in [0, 0.05) is 23.7 Å². The van der Waals surface area contributed by atoms with E-state index in [1.54, 1.807) is 13.1 Å². The predicted octanol–water partition coefficient (Wildman–Crippen LogP) is 2.50. The maximum absolute atomic E-state index is 10.8. The van der Waals surface area contributed by atoms with Crippen LogP contribution in [0.2, 0.25) is 0 Å². The van der Waals surface area contributed by atoms with Crippen molar-refractivity contribution in [1.82, 2.24) is 4.98 Å². The molecule has 0 saturated heterocycles. The zero-order chi connectivity index (χ0) is 11.5. The summed E-state index contributed by atoms with van der Waals surface area (Å²) in [6, 6.07) is 9.83. The van der Waals surface area contributed by atoms with Gasteiger partial charge in [-0.25, -0.2) is 0 Å². The number of pyridine rings is 1. The summed E-state index contributed by atoms with van der Waals surface area (Å²) in [6.45, 7) is 1.70. The fourth-order valence-electron chi connectivity index (χ4n) is 1.72. The van der Waals surface area contributed by atoms with E-state index in [4.69, 9.17) is 5.11 Å². The van der Waals surface area contributed by atoms with Gasteiger partial charge < -0.3 is 5.11 Å². The average molecular weight is 215 g/mol. The smallest absolute Gasteiger partial charge is 0.306 e. The van der Waals surface area contributed by atoms with Gasteiger partial charge in [-0.1, -0.05) is 31.2 Å². The van der Waals surface area contributed by atoms with Gasteiger partial charge >= 0.3 is 5.97 Å². The van der Waals surface area contributed by atoms with Crippen LogP contribution in [0.3, 0.4) is 0 Å². The SMILES string of the molecule is CC(Cc1nccc2ccccc12)C(=O)O. The molecule has 0 amide bonds. The Morgan fingerprint density at radius 1 is 1.38 bits per heavy atom. The van der Waals surface area contributed by atoms with Gasteiger partial charge in [-0.15, -0.1) is 0 Å². The molecule has 0 spiro atoms. The first kappa shape index (κ1) is 10.6. The molecule has 0 fully saturated rings. The van der Waals surface area contributed by atoms with Crippen LogP contribution in [0.4, 0.5) is 0 Å². The molecule has 3 nitrogen and oxygen atoms in total. The van der Waals surface area contributed by atoms with Crippen LogP contribution in [0.1, 0.15) is 12.6 Å². The zero-order valence-electron chi connectivity index (χ0n) is 9.05. The van der Waals surface area contributed by atoms with E-state index >= 15 is 0 Å². The third-order valence-electron chi connectivity index (χ3n) is 2.68. The number of benzene rings is 1. The third kappa shape index (κ3) is 2.03. The summed E-state index contributed by atoms with van der Waals surface area (Å²) in [7, 11) is 0. The number of hydrogen-bond donors (Lipinski definition) is 1. The summed E-state index contributed by atoms with van der Waals surface area (Å²) in [4.78, 5) is 15.1. The van der Waals surface area contributed by atoms with Crippen LogP contribution in [-0.4, -0.2) is 16.1 Å². The second kappa shape index (κ2) is 4.31. The third-order valence-corrected chi connectivity index (χ3v) is 2.68. The normalized spacial score (nSPS) is 12.6. The number of hydrogen-bond acceptors (Lipinski definition) is 2. The lowest BCUT2D eigenvalue weighted by atomic mass is 10.0. The molecule has 1 N–H and O–H groups in total. The lowest BCUT2D eigenvalue weighted by molar-refractivity contribution is -0.141. The minimum atomic E-state index is -0.783. The van der Waals surface area contributed by atoms with Crippen LogP contribution in [-0.2, 0) is 11.2 Å². The van der Waals surface area contributed by atoms with Crippen molar-refractivity contribution in [3.8, 4) is 0 Å². The summed E-state index contributed by atoms with van der Waals surface area (Å²) in [5.41, 5.74) is 0.855. The summed E-state index contributed by atoms with van der Waals surface area (Å²) in [5, 5.41) is 11.0. The number of fused-ring (bicyclic) bond motifs is 1. The van der Waals surface area contributed by atoms with Gasteiger partial charge in [0.1, 0.15) is 0 Å². The number of aliphatic carboxylic acids is 1.